The van der Waals surface area contributed by atoms with Crippen molar-refractivity contribution in [3.05, 3.63) is 40.2 Å². The summed E-state index contributed by atoms with van der Waals surface area (Å²) in [6.07, 6.45) is 4.81. The Labute approximate surface area is 129 Å². The fourth-order valence-electron chi connectivity index (χ4n) is 1.71. The van der Waals surface area contributed by atoms with Gasteiger partial charge in [0.2, 0.25) is 11.9 Å². The van der Waals surface area contributed by atoms with Gasteiger partial charge in [0.25, 0.3) is 0 Å². The van der Waals surface area contributed by atoms with E-state index in [2.05, 4.69) is 20.7 Å². The highest BCUT2D eigenvalue weighted by Crippen LogP contribution is 2.08. The zero-order chi connectivity index (χ0) is 16.8. The summed E-state index contributed by atoms with van der Waals surface area (Å²) in [6, 6.07) is 0. The van der Waals surface area contributed by atoms with Crippen LogP contribution in [0.1, 0.15) is 18.9 Å². The summed E-state index contributed by atoms with van der Waals surface area (Å²) < 4.78 is 16.1. The maximum Gasteiger partial charge on any atom is 0.306 e. The molecule has 0 aliphatic heterocycles. The first-order chi connectivity index (χ1) is 11.0. The van der Waals surface area contributed by atoms with E-state index in [0.717, 1.165) is 17.1 Å². The molecular formula is C12H14FN7O3. The van der Waals surface area contributed by atoms with Crippen molar-refractivity contribution in [3.63, 3.8) is 0 Å². The molecule has 2 aromatic rings. The monoisotopic (exact) mass is 323 g/mol. The molecular weight excluding hydrogens is 309 g/mol. The third-order valence-corrected chi connectivity index (χ3v) is 2.89. The molecule has 23 heavy (non-hydrogen) atoms. The Hall–Kier alpha value is -3.11. The number of aromatic nitrogens is 4. The smallest absolute Gasteiger partial charge is 0.273 e. The molecule has 0 aromatic carbocycles. The largest absolute Gasteiger partial charge is 0.306 e. The molecule has 11 heteroatoms. The SMILES string of the molecule is CCn1ncc(C=NNC(=O)CCn2cc([N+](=O)[O-])cn2)c1F. The molecule has 10 nitrogen and oxygen atoms in total. The Morgan fingerprint density at radius 3 is 2.91 bits per heavy atom. The van der Waals surface area contributed by atoms with Crippen LogP contribution in [-0.4, -0.2) is 36.6 Å². The van der Waals surface area contributed by atoms with E-state index in [-0.39, 0.29) is 24.2 Å². The third kappa shape index (κ3) is 4.18. The number of nitro groups is 1. The quantitative estimate of drug-likeness (QED) is 0.456. The molecule has 0 bridgehead atoms. The minimum absolute atomic E-state index is 0.0207. The van der Waals surface area contributed by atoms with Crippen LogP contribution >= 0.6 is 0 Å². The molecule has 0 saturated carbocycles. The molecule has 0 atom stereocenters. The van der Waals surface area contributed by atoms with Gasteiger partial charge in [-0.05, 0) is 6.92 Å². The highest BCUT2D eigenvalue weighted by atomic mass is 19.1. The van der Waals surface area contributed by atoms with Gasteiger partial charge >= 0.3 is 5.69 Å². The van der Waals surface area contributed by atoms with Crippen LogP contribution in [0.15, 0.2) is 23.7 Å². The van der Waals surface area contributed by atoms with Gasteiger partial charge < -0.3 is 0 Å². The Morgan fingerprint density at radius 2 is 2.30 bits per heavy atom. The molecule has 0 fully saturated rings. The first-order valence-electron chi connectivity index (χ1n) is 6.71. The van der Waals surface area contributed by atoms with E-state index in [4.69, 9.17) is 0 Å². The first kappa shape index (κ1) is 16.3. The van der Waals surface area contributed by atoms with Crippen molar-refractivity contribution in [2.24, 2.45) is 5.10 Å². The lowest BCUT2D eigenvalue weighted by Crippen LogP contribution is -2.19. The second-order valence-electron chi connectivity index (χ2n) is 4.47. The first-order valence-corrected chi connectivity index (χ1v) is 6.71. The molecule has 0 aliphatic carbocycles. The Kier molecular flexibility index (Phi) is 5.12. The predicted octanol–water partition coefficient (Wildman–Crippen LogP) is 0.687. The van der Waals surface area contributed by atoms with Crippen LogP contribution in [-0.2, 0) is 17.9 Å². The van der Waals surface area contributed by atoms with Gasteiger partial charge in [0, 0.05) is 13.0 Å². The van der Waals surface area contributed by atoms with Crippen LogP contribution in [0.4, 0.5) is 10.1 Å². The van der Waals surface area contributed by atoms with E-state index in [1.54, 1.807) is 6.92 Å². The maximum absolute atomic E-state index is 13.6. The molecule has 0 unspecified atom stereocenters. The summed E-state index contributed by atoms with van der Waals surface area (Å²) >= 11 is 0. The average Bonchev–Trinajstić information content (AvgIpc) is 3.13. The molecule has 1 N–H and O–H groups in total. The van der Waals surface area contributed by atoms with E-state index in [9.17, 15) is 19.3 Å². The van der Waals surface area contributed by atoms with Crippen LogP contribution < -0.4 is 5.43 Å². The summed E-state index contributed by atoms with van der Waals surface area (Å²) in [6.45, 7) is 2.30. The van der Waals surface area contributed by atoms with Gasteiger partial charge in [-0.3, -0.25) is 19.6 Å². The number of nitrogens with zero attached hydrogens (tertiary/aromatic N) is 6. The number of hydrazone groups is 1. The average molecular weight is 323 g/mol. The highest BCUT2D eigenvalue weighted by molar-refractivity contribution is 5.82. The fraction of sp³-hybridized carbons (Fsp3) is 0.333. The zero-order valence-electron chi connectivity index (χ0n) is 12.2. The van der Waals surface area contributed by atoms with Gasteiger partial charge in [-0.25, -0.2) is 10.1 Å². The lowest BCUT2D eigenvalue weighted by molar-refractivity contribution is -0.385. The van der Waals surface area contributed by atoms with Gasteiger partial charge in [-0.2, -0.15) is 19.7 Å². The summed E-state index contributed by atoms with van der Waals surface area (Å²) in [4.78, 5) is 21.5. The second-order valence-corrected chi connectivity index (χ2v) is 4.47. The third-order valence-electron chi connectivity index (χ3n) is 2.89. The van der Waals surface area contributed by atoms with E-state index in [1.807, 2.05) is 0 Å². The van der Waals surface area contributed by atoms with Crippen LogP contribution in [0.2, 0.25) is 0 Å². The van der Waals surface area contributed by atoms with Gasteiger partial charge in [-0.15, -0.1) is 0 Å². The molecule has 0 spiro atoms. The van der Waals surface area contributed by atoms with Gasteiger partial charge in [0.1, 0.15) is 12.4 Å². The van der Waals surface area contributed by atoms with Crippen molar-refractivity contribution in [2.45, 2.75) is 26.4 Å². The van der Waals surface area contributed by atoms with E-state index >= 15 is 0 Å². The fourth-order valence-corrected chi connectivity index (χ4v) is 1.71. The number of carbonyl (C=O) groups excluding carboxylic acids is 1. The number of rotatable bonds is 7. The van der Waals surface area contributed by atoms with E-state index in [0.29, 0.717) is 6.54 Å². The number of nitrogens with one attached hydrogen (secondary N) is 1. The Morgan fingerprint density at radius 1 is 1.52 bits per heavy atom. The van der Waals surface area contributed by atoms with Gasteiger partial charge in [0.15, 0.2) is 0 Å². The van der Waals surface area contributed by atoms with E-state index in [1.165, 1.54) is 17.1 Å². The molecule has 122 valence electrons. The van der Waals surface area contributed by atoms with Crippen molar-refractivity contribution >= 4 is 17.8 Å². The van der Waals surface area contributed by atoms with Crippen LogP contribution in [0, 0.1) is 16.1 Å². The number of hydrogen-bond acceptors (Lipinski definition) is 6. The van der Waals surface area contributed by atoms with Crippen molar-refractivity contribution in [2.75, 3.05) is 0 Å². The Balaban J connectivity index is 1.81. The molecule has 2 heterocycles. The lowest BCUT2D eigenvalue weighted by atomic mass is 10.4. The number of hydrogen-bond donors (Lipinski definition) is 1. The summed E-state index contributed by atoms with van der Waals surface area (Å²) in [7, 11) is 0. The molecule has 2 rings (SSSR count). The van der Waals surface area contributed by atoms with E-state index < -0.39 is 16.8 Å². The van der Waals surface area contributed by atoms with Crippen molar-refractivity contribution in [1.82, 2.24) is 25.0 Å². The van der Waals surface area contributed by atoms with Crippen molar-refractivity contribution in [3.8, 4) is 0 Å². The molecule has 0 radical (unpaired) electrons. The summed E-state index contributed by atoms with van der Waals surface area (Å²) in [5.41, 5.74) is 2.25. The number of carbonyl (C=O) groups is 1. The number of amides is 1. The van der Waals surface area contributed by atoms with Crippen LogP contribution in [0.3, 0.4) is 0 Å². The van der Waals surface area contributed by atoms with Crippen LogP contribution in [0.25, 0.3) is 0 Å². The lowest BCUT2D eigenvalue weighted by Gasteiger charge is -2.00. The minimum Gasteiger partial charge on any atom is -0.273 e. The number of aryl methyl sites for hydroxylation is 2. The Bertz CT molecular complexity index is 737. The van der Waals surface area contributed by atoms with Gasteiger partial charge in [0.05, 0.1) is 29.4 Å². The number of halogens is 1. The minimum atomic E-state index is -0.571. The summed E-state index contributed by atoms with van der Waals surface area (Å²) in [5.74, 6) is -0.961. The zero-order valence-corrected chi connectivity index (χ0v) is 12.2. The highest BCUT2D eigenvalue weighted by Gasteiger charge is 2.10. The van der Waals surface area contributed by atoms with Gasteiger partial charge in [-0.1, -0.05) is 0 Å². The second kappa shape index (κ2) is 7.24. The molecule has 1 amide bonds. The van der Waals surface area contributed by atoms with Crippen molar-refractivity contribution in [1.29, 1.82) is 0 Å². The molecule has 0 aliphatic rings. The molecule has 2 aromatic heterocycles. The summed E-state index contributed by atoms with van der Waals surface area (Å²) in [5, 5.41) is 21.7. The maximum atomic E-state index is 13.6. The standard InChI is InChI=1S/C12H14FN7O3/c1-2-19-12(13)9(6-16-19)5-14-17-11(21)3-4-18-8-10(7-15-18)20(22)23/h5-8H,2-4H2,1H3,(H,17,21). The predicted molar refractivity (Wildman–Crippen MR) is 77.1 cm³/mol. The normalized spacial score (nSPS) is 11.0. The molecule has 0 saturated heterocycles. The topological polar surface area (TPSA) is 120 Å². The van der Waals surface area contributed by atoms with Crippen LogP contribution in [0.5, 0.6) is 0 Å². The van der Waals surface area contributed by atoms with Crippen molar-refractivity contribution < 1.29 is 14.1 Å².